The van der Waals surface area contributed by atoms with Gasteiger partial charge in [0.1, 0.15) is 17.9 Å². The van der Waals surface area contributed by atoms with Gasteiger partial charge in [0.2, 0.25) is 6.29 Å². The van der Waals surface area contributed by atoms with Crippen LogP contribution in [-0.4, -0.2) is 60.4 Å². The third kappa shape index (κ3) is 4.87. The predicted molar refractivity (Wildman–Crippen MR) is 105 cm³/mol. The Kier molecular flexibility index (Phi) is 6.95. The first-order valence-electron chi connectivity index (χ1n) is 9.25. The van der Waals surface area contributed by atoms with Gasteiger partial charge in [0.15, 0.2) is 6.10 Å². The Morgan fingerprint density at radius 2 is 1.97 bits per heavy atom. The van der Waals surface area contributed by atoms with Crippen molar-refractivity contribution in [1.82, 2.24) is 5.09 Å². The zero-order valence-electron chi connectivity index (χ0n) is 16.6. The largest absolute Gasteiger partial charge is 0.468 e. The van der Waals surface area contributed by atoms with E-state index in [-0.39, 0.29) is 5.75 Å². The second-order valence-corrected chi connectivity index (χ2v) is 8.50. The van der Waals surface area contributed by atoms with Gasteiger partial charge in [-0.05, 0) is 18.4 Å². The molecule has 1 unspecified atom stereocenters. The van der Waals surface area contributed by atoms with Crippen LogP contribution < -0.4 is 9.61 Å². The number of benzene rings is 2. The number of hydrogen-bond donors (Lipinski definition) is 3. The summed E-state index contributed by atoms with van der Waals surface area (Å²) in [5.41, 5.74) is 0. The van der Waals surface area contributed by atoms with Crippen LogP contribution in [0.2, 0.25) is 0 Å². The van der Waals surface area contributed by atoms with Crippen LogP contribution in [-0.2, 0) is 23.4 Å². The number of nitrogens with one attached hydrogen (secondary N) is 1. The number of alkyl halides is 2. The lowest BCUT2D eigenvalue weighted by molar-refractivity contribution is -0.188. The van der Waals surface area contributed by atoms with Crippen LogP contribution in [0.1, 0.15) is 6.92 Å². The van der Waals surface area contributed by atoms with E-state index < -0.39 is 50.8 Å². The standard InChI is InChI=1S/C19H22F2NO8P/c1-11(17(25)27-2)22-31(26,30-18-19(20,21)16(24)15(10-23)28-18)29-14-9-5-7-12-6-3-4-8-13(12)14/h3-9,11,15-16,18,23-24H,10H2,1-2H3,(H,22,26)/t11-,15+,16+,18-,31?/m0/s1. The SMILES string of the molecule is COC(=O)[C@H](C)NP(=O)(Oc1cccc2ccccc12)O[C@@H]1O[C@H](CO)[C@@H](O)C1(F)F. The Labute approximate surface area is 176 Å². The van der Waals surface area contributed by atoms with Crippen molar-refractivity contribution in [3.63, 3.8) is 0 Å². The minimum Gasteiger partial charge on any atom is -0.468 e. The number of esters is 1. The van der Waals surface area contributed by atoms with Gasteiger partial charge < -0.3 is 24.2 Å². The van der Waals surface area contributed by atoms with E-state index in [1.807, 2.05) is 0 Å². The van der Waals surface area contributed by atoms with Gasteiger partial charge in [0.25, 0.3) is 0 Å². The van der Waals surface area contributed by atoms with Crippen LogP contribution in [0.5, 0.6) is 5.75 Å². The van der Waals surface area contributed by atoms with E-state index >= 15 is 0 Å². The second-order valence-electron chi connectivity index (χ2n) is 6.85. The normalized spacial score (nSPS) is 25.7. The number of rotatable bonds is 8. The highest BCUT2D eigenvalue weighted by Gasteiger charge is 2.61. The number of ether oxygens (including phenoxy) is 2. The number of aliphatic hydroxyl groups excluding tert-OH is 2. The number of methoxy groups -OCH3 is 1. The van der Waals surface area contributed by atoms with Crippen LogP contribution in [0.4, 0.5) is 8.78 Å². The van der Waals surface area contributed by atoms with E-state index in [9.17, 15) is 23.2 Å². The molecule has 9 nitrogen and oxygen atoms in total. The average Bonchev–Trinajstić information content (AvgIpc) is 2.96. The molecule has 3 N–H and O–H groups in total. The molecule has 0 bridgehead atoms. The first-order chi connectivity index (χ1) is 14.6. The summed E-state index contributed by atoms with van der Waals surface area (Å²) in [5, 5.41) is 22.3. The fourth-order valence-corrected chi connectivity index (χ4v) is 4.62. The van der Waals surface area contributed by atoms with Crippen molar-refractivity contribution in [2.24, 2.45) is 0 Å². The summed E-state index contributed by atoms with van der Waals surface area (Å²) >= 11 is 0. The van der Waals surface area contributed by atoms with Gasteiger partial charge >= 0.3 is 19.6 Å². The molecular weight excluding hydrogens is 439 g/mol. The fourth-order valence-electron chi connectivity index (χ4n) is 3.02. The Balaban J connectivity index is 1.95. The number of carbonyl (C=O) groups excluding carboxylic acids is 1. The molecule has 2 aromatic carbocycles. The summed E-state index contributed by atoms with van der Waals surface area (Å²) in [4.78, 5) is 11.8. The first-order valence-corrected chi connectivity index (χ1v) is 10.8. The summed E-state index contributed by atoms with van der Waals surface area (Å²) < 4.78 is 62.2. The maximum absolute atomic E-state index is 14.4. The first kappa shape index (κ1) is 23.5. The lowest BCUT2D eigenvalue weighted by Crippen LogP contribution is -2.43. The van der Waals surface area contributed by atoms with Gasteiger partial charge in [-0.3, -0.25) is 9.32 Å². The van der Waals surface area contributed by atoms with Crippen molar-refractivity contribution in [3.05, 3.63) is 42.5 Å². The van der Waals surface area contributed by atoms with Gasteiger partial charge in [-0.15, -0.1) is 0 Å². The van der Waals surface area contributed by atoms with Crippen molar-refractivity contribution in [2.45, 2.75) is 37.4 Å². The molecular formula is C19H22F2NO8P. The maximum Gasteiger partial charge on any atom is 0.462 e. The van der Waals surface area contributed by atoms with Crippen LogP contribution in [0.3, 0.4) is 0 Å². The number of halogens is 2. The zero-order valence-corrected chi connectivity index (χ0v) is 17.5. The molecule has 0 aliphatic carbocycles. The summed E-state index contributed by atoms with van der Waals surface area (Å²) in [6.07, 6.45) is -6.58. The minimum absolute atomic E-state index is 0.0339. The van der Waals surface area contributed by atoms with Crippen LogP contribution in [0.15, 0.2) is 42.5 Å². The summed E-state index contributed by atoms with van der Waals surface area (Å²) in [6, 6.07) is 10.4. The van der Waals surface area contributed by atoms with Gasteiger partial charge in [0.05, 0.1) is 13.7 Å². The van der Waals surface area contributed by atoms with Gasteiger partial charge in [-0.25, -0.2) is 4.57 Å². The molecule has 0 amide bonds. The van der Waals surface area contributed by atoms with E-state index in [0.717, 1.165) is 7.11 Å². The molecule has 3 rings (SSSR count). The van der Waals surface area contributed by atoms with E-state index in [4.69, 9.17) is 18.9 Å². The number of fused-ring (bicyclic) bond motifs is 1. The molecule has 170 valence electrons. The number of hydrogen-bond acceptors (Lipinski definition) is 8. The van der Waals surface area contributed by atoms with E-state index in [1.54, 1.807) is 36.4 Å². The quantitative estimate of drug-likeness (QED) is 0.401. The summed E-state index contributed by atoms with van der Waals surface area (Å²) in [7, 11) is -3.62. The van der Waals surface area contributed by atoms with Crippen molar-refractivity contribution in [1.29, 1.82) is 0 Å². The molecule has 0 spiro atoms. The lowest BCUT2D eigenvalue weighted by atomic mass is 10.1. The van der Waals surface area contributed by atoms with Gasteiger partial charge in [-0.1, -0.05) is 36.4 Å². The minimum atomic E-state index is -4.71. The molecule has 0 radical (unpaired) electrons. The average molecular weight is 461 g/mol. The fraction of sp³-hybridized carbons (Fsp3) is 0.421. The van der Waals surface area contributed by atoms with Crippen molar-refractivity contribution < 1.29 is 46.9 Å². The van der Waals surface area contributed by atoms with Crippen LogP contribution in [0.25, 0.3) is 10.8 Å². The van der Waals surface area contributed by atoms with Crippen LogP contribution in [0, 0.1) is 0 Å². The maximum atomic E-state index is 14.4. The molecule has 31 heavy (non-hydrogen) atoms. The third-order valence-electron chi connectivity index (χ3n) is 4.65. The monoisotopic (exact) mass is 461 g/mol. The molecule has 5 atom stereocenters. The summed E-state index contributed by atoms with van der Waals surface area (Å²) in [5.74, 6) is -4.83. The molecule has 0 aromatic heterocycles. The van der Waals surface area contributed by atoms with Gasteiger partial charge in [0, 0.05) is 5.39 Å². The molecule has 2 aromatic rings. The number of aliphatic hydroxyl groups is 2. The van der Waals surface area contributed by atoms with Crippen molar-refractivity contribution in [3.8, 4) is 5.75 Å². The predicted octanol–water partition coefficient (Wildman–Crippen LogP) is 2.21. The Morgan fingerprint density at radius 1 is 1.29 bits per heavy atom. The lowest BCUT2D eigenvalue weighted by Gasteiger charge is -2.27. The van der Waals surface area contributed by atoms with Crippen molar-refractivity contribution >= 4 is 24.5 Å². The number of carbonyl (C=O) groups is 1. The van der Waals surface area contributed by atoms with E-state index in [2.05, 4.69) is 9.82 Å². The highest BCUT2D eigenvalue weighted by atomic mass is 31.2. The Bertz CT molecular complexity index is 985. The van der Waals surface area contributed by atoms with E-state index in [0.29, 0.717) is 10.8 Å². The Hall–Kier alpha value is -2.14. The van der Waals surface area contributed by atoms with Gasteiger partial charge in [-0.2, -0.15) is 13.9 Å². The Morgan fingerprint density at radius 3 is 2.61 bits per heavy atom. The molecule has 1 aliphatic rings. The highest BCUT2D eigenvalue weighted by Crippen LogP contribution is 2.52. The molecule has 1 heterocycles. The molecule has 1 saturated heterocycles. The van der Waals surface area contributed by atoms with Crippen molar-refractivity contribution in [2.75, 3.05) is 13.7 Å². The smallest absolute Gasteiger partial charge is 0.462 e. The summed E-state index contributed by atoms with van der Waals surface area (Å²) in [6.45, 7) is 0.352. The molecule has 0 saturated carbocycles. The molecule has 1 fully saturated rings. The highest BCUT2D eigenvalue weighted by molar-refractivity contribution is 7.52. The second kappa shape index (κ2) is 9.15. The zero-order chi connectivity index (χ0) is 22.8. The van der Waals surface area contributed by atoms with E-state index in [1.165, 1.54) is 13.0 Å². The third-order valence-corrected chi connectivity index (χ3v) is 6.26. The molecule has 1 aliphatic heterocycles. The topological polar surface area (TPSA) is 124 Å². The molecule has 12 heteroatoms. The van der Waals surface area contributed by atoms with Crippen LogP contribution >= 0.6 is 7.75 Å².